The average molecular weight is 347 g/mol. The summed E-state index contributed by atoms with van der Waals surface area (Å²) >= 11 is 3.56. The minimum Gasteiger partial charge on any atom is -0.475 e. The van der Waals surface area contributed by atoms with Crippen molar-refractivity contribution < 1.29 is 14.3 Å². The maximum absolute atomic E-state index is 11.5. The predicted molar refractivity (Wildman–Crippen MR) is 86.9 cm³/mol. The smallest absolute Gasteiger partial charge is 0.372 e. The first-order valence-corrected chi connectivity index (χ1v) is 7.64. The van der Waals surface area contributed by atoms with E-state index < -0.39 is 5.97 Å². The highest BCUT2D eigenvalue weighted by Gasteiger charge is 2.22. The molecule has 0 radical (unpaired) electrons. The number of carbonyl (C=O) groups is 1. The minimum atomic E-state index is -1.02. The van der Waals surface area contributed by atoms with Crippen LogP contribution in [0.3, 0.4) is 0 Å². The summed E-state index contributed by atoms with van der Waals surface area (Å²) < 4.78 is 6.47. The Morgan fingerprint density at radius 1 is 1.29 bits per heavy atom. The van der Waals surface area contributed by atoms with E-state index in [1.54, 1.807) is 0 Å². The summed E-state index contributed by atoms with van der Waals surface area (Å²) in [4.78, 5) is 11.5. The zero-order chi connectivity index (χ0) is 15.1. The molecular formula is C17H15BrO3. The molecule has 3 nitrogen and oxygen atoms in total. The predicted octanol–water partition coefficient (Wildman–Crippen LogP) is 5.25. The van der Waals surface area contributed by atoms with Crippen molar-refractivity contribution in [3.8, 4) is 0 Å². The Morgan fingerprint density at radius 2 is 2.00 bits per heavy atom. The molecule has 4 heteroatoms. The number of furan rings is 1. The van der Waals surface area contributed by atoms with Crippen molar-refractivity contribution in [2.45, 2.75) is 20.3 Å². The molecule has 3 aromatic rings. The van der Waals surface area contributed by atoms with Crippen LogP contribution in [0.2, 0.25) is 0 Å². The second-order valence-corrected chi connectivity index (χ2v) is 6.39. The Kier molecular flexibility index (Phi) is 3.49. The van der Waals surface area contributed by atoms with Crippen molar-refractivity contribution >= 4 is 43.6 Å². The van der Waals surface area contributed by atoms with Crippen molar-refractivity contribution in [3.63, 3.8) is 0 Å². The van der Waals surface area contributed by atoms with Crippen LogP contribution in [0.1, 0.15) is 30.0 Å². The second kappa shape index (κ2) is 5.19. The minimum absolute atomic E-state index is 0.0507. The van der Waals surface area contributed by atoms with E-state index in [0.717, 1.165) is 26.2 Å². The van der Waals surface area contributed by atoms with E-state index in [4.69, 9.17) is 4.42 Å². The molecule has 1 N–H and O–H groups in total. The van der Waals surface area contributed by atoms with Crippen LogP contribution in [0.15, 0.2) is 39.2 Å². The SMILES string of the molecule is CC(C)Cc1c(C(=O)O)oc2c(Br)c3ccccc3cc12. The highest BCUT2D eigenvalue weighted by Crippen LogP contribution is 2.38. The van der Waals surface area contributed by atoms with E-state index in [2.05, 4.69) is 29.8 Å². The topological polar surface area (TPSA) is 50.4 Å². The van der Waals surface area contributed by atoms with Gasteiger partial charge in [0.05, 0.1) is 4.47 Å². The van der Waals surface area contributed by atoms with Crippen LogP contribution in [0.25, 0.3) is 21.7 Å². The van der Waals surface area contributed by atoms with Crippen molar-refractivity contribution in [2.24, 2.45) is 5.92 Å². The molecule has 0 aliphatic rings. The summed E-state index contributed by atoms with van der Waals surface area (Å²) in [6, 6.07) is 9.95. The Bertz CT molecular complexity index is 846. The molecule has 21 heavy (non-hydrogen) atoms. The Hall–Kier alpha value is -1.81. The zero-order valence-corrected chi connectivity index (χ0v) is 13.4. The van der Waals surface area contributed by atoms with Gasteiger partial charge in [-0.15, -0.1) is 0 Å². The lowest BCUT2D eigenvalue weighted by atomic mass is 9.98. The number of hydrogen-bond donors (Lipinski definition) is 1. The van der Waals surface area contributed by atoms with Gasteiger partial charge in [-0.25, -0.2) is 4.79 Å². The van der Waals surface area contributed by atoms with E-state index in [0.29, 0.717) is 17.9 Å². The van der Waals surface area contributed by atoms with Crippen molar-refractivity contribution in [1.29, 1.82) is 0 Å². The van der Waals surface area contributed by atoms with Crippen LogP contribution in [0.4, 0.5) is 0 Å². The van der Waals surface area contributed by atoms with Gasteiger partial charge < -0.3 is 9.52 Å². The first-order chi connectivity index (χ1) is 9.99. The van der Waals surface area contributed by atoms with Crippen molar-refractivity contribution in [3.05, 3.63) is 46.1 Å². The van der Waals surface area contributed by atoms with Gasteiger partial charge in [0.25, 0.3) is 0 Å². The second-order valence-electron chi connectivity index (χ2n) is 5.60. The Labute approximate surface area is 130 Å². The van der Waals surface area contributed by atoms with Crippen LogP contribution < -0.4 is 0 Å². The van der Waals surface area contributed by atoms with Crippen LogP contribution >= 0.6 is 15.9 Å². The molecule has 108 valence electrons. The molecule has 0 saturated heterocycles. The number of carboxylic acid groups (broad SMARTS) is 1. The van der Waals surface area contributed by atoms with Crippen molar-refractivity contribution in [1.82, 2.24) is 0 Å². The lowest BCUT2D eigenvalue weighted by Gasteiger charge is -2.05. The zero-order valence-electron chi connectivity index (χ0n) is 11.8. The van der Waals surface area contributed by atoms with E-state index in [1.165, 1.54) is 0 Å². The third kappa shape index (κ3) is 2.33. The molecule has 0 atom stereocenters. The fourth-order valence-corrected chi connectivity index (χ4v) is 3.33. The number of hydrogen-bond acceptors (Lipinski definition) is 2. The number of fused-ring (bicyclic) bond motifs is 2. The summed E-state index contributed by atoms with van der Waals surface area (Å²) in [6.07, 6.45) is 0.680. The lowest BCUT2D eigenvalue weighted by Crippen LogP contribution is -2.02. The van der Waals surface area contributed by atoms with E-state index in [1.807, 2.05) is 30.3 Å². The summed E-state index contributed by atoms with van der Waals surface area (Å²) in [6.45, 7) is 4.14. The van der Waals surface area contributed by atoms with E-state index >= 15 is 0 Å². The monoisotopic (exact) mass is 346 g/mol. The maximum Gasteiger partial charge on any atom is 0.372 e. The van der Waals surface area contributed by atoms with Gasteiger partial charge in [0.2, 0.25) is 5.76 Å². The van der Waals surface area contributed by atoms with Gasteiger partial charge in [-0.2, -0.15) is 0 Å². The van der Waals surface area contributed by atoms with Crippen molar-refractivity contribution in [2.75, 3.05) is 0 Å². The summed E-state index contributed by atoms with van der Waals surface area (Å²) in [5, 5.41) is 12.4. The molecule has 0 spiro atoms. The van der Waals surface area contributed by atoms with Gasteiger partial charge >= 0.3 is 5.97 Å². The summed E-state index contributed by atoms with van der Waals surface area (Å²) in [7, 11) is 0. The molecule has 0 saturated carbocycles. The van der Waals surface area contributed by atoms with Crippen LogP contribution in [-0.4, -0.2) is 11.1 Å². The molecule has 0 bridgehead atoms. The van der Waals surface area contributed by atoms with Gasteiger partial charge in [0.1, 0.15) is 5.58 Å². The Morgan fingerprint density at radius 3 is 2.67 bits per heavy atom. The van der Waals surface area contributed by atoms with Gasteiger partial charge in [0, 0.05) is 10.9 Å². The van der Waals surface area contributed by atoms with E-state index in [-0.39, 0.29) is 5.76 Å². The third-order valence-corrected chi connectivity index (χ3v) is 4.34. The highest BCUT2D eigenvalue weighted by atomic mass is 79.9. The largest absolute Gasteiger partial charge is 0.475 e. The molecule has 0 amide bonds. The fraction of sp³-hybridized carbons (Fsp3) is 0.235. The number of aromatic carboxylic acids is 1. The van der Waals surface area contributed by atoms with Gasteiger partial charge in [0.15, 0.2) is 0 Å². The molecule has 3 rings (SSSR count). The van der Waals surface area contributed by atoms with Crippen LogP contribution in [0, 0.1) is 5.92 Å². The third-order valence-electron chi connectivity index (χ3n) is 3.55. The summed E-state index contributed by atoms with van der Waals surface area (Å²) in [5.74, 6) is -0.610. The van der Waals surface area contributed by atoms with E-state index in [9.17, 15) is 9.90 Å². The molecular weight excluding hydrogens is 332 g/mol. The molecule has 1 aromatic heterocycles. The Balaban J connectivity index is 2.41. The highest BCUT2D eigenvalue weighted by molar-refractivity contribution is 9.10. The number of rotatable bonds is 3. The molecule has 0 aliphatic carbocycles. The van der Waals surface area contributed by atoms with Crippen LogP contribution in [-0.2, 0) is 6.42 Å². The first-order valence-electron chi connectivity index (χ1n) is 6.85. The fourth-order valence-electron chi connectivity index (χ4n) is 2.68. The summed E-state index contributed by atoms with van der Waals surface area (Å²) in [5.41, 5.74) is 1.39. The van der Waals surface area contributed by atoms with Gasteiger partial charge in [-0.05, 0) is 45.1 Å². The van der Waals surface area contributed by atoms with Gasteiger partial charge in [-0.3, -0.25) is 0 Å². The van der Waals surface area contributed by atoms with Crippen LogP contribution in [0.5, 0.6) is 0 Å². The quantitative estimate of drug-likeness (QED) is 0.704. The molecule has 2 aromatic carbocycles. The average Bonchev–Trinajstić information content (AvgIpc) is 2.78. The lowest BCUT2D eigenvalue weighted by molar-refractivity contribution is 0.0663. The number of halogens is 1. The molecule has 0 aliphatic heterocycles. The number of benzene rings is 2. The molecule has 0 unspecified atom stereocenters. The number of carboxylic acids is 1. The molecule has 0 fully saturated rings. The normalized spacial score (nSPS) is 11.6. The maximum atomic E-state index is 11.5. The van der Waals surface area contributed by atoms with Gasteiger partial charge in [-0.1, -0.05) is 38.1 Å². The first kappa shape index (κ1) is 14.1. The standard InChI is InChI=1S/C17H15BrO3/c1-9(2)7-12-13-8-10-5-3-4-6-11(10)14(18)15(13)21-16(12)17(19)20/h3-6,8-9H,7H2,1-2H3,(H,19,20). The molecule has 1 heterocycles.